The summed E-state index contributed by atoms with van der Waals surface area (Å²) < 4.78 is 1.82. The van der Waals surface area contributed by atoms with Crippen molar-refractivity contribution in [1.82, 2.24) is 20.1 Å². The van der Waals surface area contributed by atoms with Crippen LogP contribution in [0.3, 0.4) is 0 Å². The zero-order valence-corrected chi connectivity index (χ0v) is 20.5. The quantitative estimate of drug-likeness (QED) is 0.305. The second-order valence-electron chi connectivity index (χ2n) is 7.27. The molecule has 2 amide bonds. The molecule has 0 aliphatic carbocycles. The normalized spacial score (nSPS) is 11.6. The number of aromatic nitrogens is 3. The molecule has 0 unspecified atom stereocenters. The zero-order valence-electron chi connectivity index (χ0n) is 18.1. The van der Waals surface area contributed by atoms with Gasteiger partial charge < -0.3 is 15.2 Å². The monoisotopic (exact) mass is 503 g/mol. The summed E-state index contributed by atoms with van der Waals surface area (Å²) in [4.78, 5) is 25.1. The van der Waals surface area contributed by atoms with Crippen molar-refractivity contribution in [2.75, 3.05) is 11.1 Å². The molecule has 0 fully saturated rings. The standard InChI is InChI=1S/C23H23Cl2N5O2S/c1-4-10-30-21(15(3)26-22(32)16-7-5-6-14(2)11-16)28-29-23(30)33-13-20(31)27-19-12-17(24)8-9-18(19)25/h4-9,11-12,15H,1,10,13H2,2-3H3,(H,26,32)(H,27,31)/t15-/m1/s1. The summed E-state index contributed by atoms with van der Waals surface area (Å²) in [6.45, 7) is 7.98. The first kappa shape index (κ1) is 24.8. The minimum Gasteiger partial charge on any atom is -0.342 e. The van der Waals surface area contributed by atoms with E-state index in [0.717, 1.165) is 5.56 Å². The molecule has 0 spiro atoms. The number of rotatable bonds is 9. The molecular weight excluding hydrogens is 481 g/mol. The molecule has 0 radical (unpaired) electrons. The van der Waals surface area contributed by atoms with Crippen LogP contribution in [0.5, 0.6) is 0 Å². The maximum absolute atomic E-state index is 12.6. The number of carbonyl (C=O) groups excluding carboxylic acids is 2. The fourth-order valence-corrected chi connectivity index (χ4v) is 4.16. The smallest absolute Gasteiger partial charge is 0.251 e. The van der Waals surface area contributed by atoms with Gasteiger partial charge in [0.05, 0.1) is 22.5 Å². The van der Waals surface area contributed by atoms with Gasteiger partial charge in [0.15, 0.2) is 11.0 Å². The summed E-state index contributed by atoms with van der Waals surface area (Å²) in [5.74, 6) is 0.185. The van der Waals surface area contributed by atoms with E-state index in [1.807, 2.05) is 36.6 Å². The van der Waals surface area contributed by atoms with Gasteiger partial charge in [-0.3, -0.25) is 9.59 Å². The molecular formula is C23H23Cl2N5O2S. The largest absolute Gasteiger partial charge is 0.342 e. The molecule has 0 saturated carbocycles. The number of carbonyl (C=O) groups is 2. The molecule has 0 saturated heterocycles. The molecule has 0 aliphatic heterocycles. The zero-order chi connectivity index (χ0) is 24.0. The van der Waals surface area contributed by atoms with Gasteiger partial charge in [-0.25, -0.2) is 0 Å². The average Bonchev–Trinajstić information content (AvgIpc) is 3.18. The molecule has 2 aromatic carbocycles. The number of halogens is 2. The van der Waals surface area contributed by atoms with Crippen molar-refractivity contribution >= 4 is 52.5 Å². The number of benzene rings is 2. The Hall–Kier alpha value is -2.81. The Kier molecular flexibility index (Phi) is 8.55. The molecule has 1 atom stereocenters. The van der Waals surface area contributed by atoms with Crippen molar-refractivity contribution in [2.24, 2.45) is 0 Å². The summed E-state index contributed by atoms with van der Waals surface area (Å²) >= 11 is 13.3. The fraction of sp³-hybridized carbons (Fsp3) is 0.217. The van der Waals surface area contributed by atoms with Gasteiger partial charge >= 0.3 is 0 Å². The predicted molar refractivity (Wildman–Crippen MR) is 133 cm³/mol. The Morgan fingerprint density at radius 3 is 2.73 bits per heavy atom. The first-order valence-electron chi connectivity index (χ1n) is 10.1. The van der Waals surface area contributed by atoms with Gasteiger partial charge in [0, 0.05) is 17.1 Å². The first-order valence-corrected chi connectivity index (χ1v) is 11.8. The minimum atomic E-state index is -0.404. The average molecular weight is 504 g/mol. The minimum absolute atomic E-state index is 0.0855. The molecule has 0 bridgehead atoms. The lowest BCUT2D eigenvalue weighted by molar-refractivity contribution is -0.113. The highest BCUT2D eigenvalue weighted by atomic mass is 35.5. The lowest BCUT2D eigenvalue weighted by Gasteiger charge is -2.15. The number of amides is 2. The van der Waals surface area contributed by atoms with Crippen LogP contribution in [0.1, 0.15) is 34.7 Å². The lowest BCUT2D eigenvalue weighted by atomic mass is 10.1. The van der Waals surface area contributed by atoms with Crippen LogP contribution < -0.4 is 10.6 Å². The Labute approximate surface area is 206 Å². The topological polar surface area (TPSA) is 88.9 Å². The van der Waals surface area contributed by atoms with Crippen molar-refractivity contribution in [3.05, 3.63) is 82.1 Å². The summed E-state index contributed by atoms with van der Waals surface area (Å²) in [6, 6.07) is 11.8. The van der Waals surface area contributed by atoms with Crippen LogP contribution in [0.4, 0.5) is 5.69 Å². The predicted octanol–water partition coefficient (Wildman–Crippen LogP) is 5.30. The van der Waals surface area contributed by atoms with Crippen molar-refractivity contribution in [2.45, 2.75) is 31.6 Å². The third kappa shape index (κ3) is 6.60. The number of hydrogen-bond donors (Lipinski definition) is 2. The molecule has 3 aromatic rings. The van der Waals surface area contributed by atoms with E-state index in [1.54, 1.807) is 30.3 Å². The van der Waals surface area contributed by atoms with Crippen LogP contribution in [-0.4, -0.2) is 32.3 Å². The molecule has 172 valence electrons. The van der Waals surface area contributed by atoms with Gasteiger partial charge in [0.25, 0.3) is 5.91 Å². The summed E-state index contributed by atoms with van der Waals surface area (Å²) in [7, 11) is 0. The summed E-state index contributed by atoms with van der Waals surface area (Å²) in [5.41, 5.74) is 2.01. The van der Waals surface area contributed by atoms with Crippen molar-refractivity contribution in [1.29, 1.82) is 0 Å². The molecule has 33 heavy (non-hydrogen) atoms. The third-order valence-corrected chi connectivity index (χ3v) is 6.14. The van der Waals surface area contributed by atoms with Gasteiger partial charge in [-0.2, -0.15) is 0 Å². The van der Waals surface area contributed by atoms with Gasteiger partial charge in [0.1, 0.15) is 0 Å². The van der Waals surface area contributed by atoms with Crippen molar-refractivity contribution in [3.8, 4) is 0 Å². The van der Waals surface area contributed by atoms with Crippen molar-refractivity contribution < 1.29 is 9.59 Å². The number of aryl methyl sites for hydroxylation is 1. The van der Waals surface area contributed by atoms with Gasteiger partial charge in [-0.05, 0) is 44.2 Å². The molecule has 10 heteroatoms. The third-order valence-electron chi connectivity index (χ3n) is 4.61. The fourth-order valence-electron chi connectivity index (χ4n) is 3.07. The van der Waals surface area contributed by atoms with E-state index in [9.17, 15) is 9.59 Å². The van der Waals surface area contributed by atoms with E-state index in [-0.39, 0.29) is 17.6 Å². The number of thioether (sulfide) groups is 1. The highest BCUT2D eigenvalue weighted by molar-refractivity contribution is 7.99. The van der Waals surface area contributed by atoms with Crippen LogP contribution in [0.15, 0.2) is 60.3 Å². The van der Waals surface area contributed by atoms with E-state index >= 15 is 0 Å². The Morgan fingerprint density at radius 2 is 2.00 bits per heavy atom. The van der Waals surface area contributed by atoms with E-state index in [2.05, 4.69) is 27.4 Å². The summed E-state index contributed by atoms with van der Waals surface area (Å²) in [6.07, 6.45) is 1.71. The Morgan fingerprint density at radius 1 is 1.21 bits per heavy atom. The van der Waals surface area contributed by atoms with Crippen LogP contribution in [0, 0.1) is 6.92 Å². The van der Waals surface area contributed by atoms with E-state index in [1.165, 1.54) is 11.8 Å². The second kappa shape index (κ2) is 11.4. The summed E-state index contributed by atoms with van der Waals surface area (Å²) in [5, 5.41) is 15.5. The number of anilines is 1. The SMILES string of the molecule is C=CCn1c(SCC(=O)Nc2cc(Cl)ccc2Cl)nnc1[C@@H](C)NC(=O)c1cccc(C)c1. The molecule has 2 N–H and O–H groups in total. The van der Waals surface area contributed by atoms with E-state index in [0.29, 0.717) is 38.8 Å². The van der Waals surface area contributed by atoms with Crippen molar-refractivity contribution in [3.63, 3.8) is 0 Å². The number of hydrogen-bond acceptors (Lipinski definition) is 5. The van der Waals surface area contributed by atoms with Gasteiger partial charge in [0.2, 0.25) is 5.91 Å². The Balaban J connectivity index is 1.68. The highest BCUT2D eigenvalue weighted by Crippen LogP contribution is 2.26. The first-order chi connectivity index (χ1) is 15.8. The lowest BCUT2D eigenvalue weighted by Crippen LogP contribution is -2.29. The molecule has 1 aromatic heterocycles. The van der Waals surface area contributed by atoms with Gasteiger partial charge in [-0.15, -0.1) is 16.8 Å². The second-order valence-corrected chi connectivity index (χ2v) is 9.05. The molecule has 0 aliphatic rings. The van der Waals surface area contributed by atoms with E-state index in [4.69, 9.17) is 23.2 Å². The molecule has 1 heterocycles. The van der Waals surface area contributed by atoms with Crippen LogP contribution in [0.2, 0.25) is 10.0 Å². The maximum atomic E-state index is 12.6. The van der Waals surface area contributed by atoms with Gasteiger partial charge in [-0.1, -0.05) is 58.7 Å². The Bertz CT molecular complexity index is 1180. The molecule has 7 nitrogen and oxygen atoms in total. The van der Waals surface area contributed by atoms with Crippen LogP contribution >= 0.6 is 35.0 Å². The number of nitrogens with one attached hydrogen (secondary N) is 2. The maximum Gasteiger partial charge on any atom is 0.251 e. The molecule has 3 rings (SSSR count). The number of allylic oxidation sites excluding steroid dienone is 1. The van der Waals surface area contributed by atoms with Crippen LogP contribution in [-0.2, 0) is 11.3 Å². The number of nitrogens with zero attached hydrogens (tertiary/aromatic N) is 3. The van der Waals surface area contributed by atoms with Crippen LogP contribution in [0.25, 0.3) is 0 Å². The highest BCUT2D eigenvalue weighted by Gasteiger charge is 2.20. The van der Waals surface area contributed by atoms with E-state index < -0.39 is 6.04 Å².